The highest BCUT2D eigenvalue weighted by Crippen LogP contribution is 2.45. The van der Waals surface area contributed by atoms with Crippen molar-refractivity contribution in [2.45, 2.75) is 32.1 Å². The number of hydrogen-bond acceptors (Lipinski definition) is 10. The van der Waals surface area contributed by atoms with Crippen LogP contribution in [0.25, 0.3) is 11.2 Å². The molecule has 2 unspecified atom stereocenters. The summed E-state index contributed by atoms with van der Waals surface area (Å²) in [4.78, 5) is 40.4. The first-order chi connectivity index (χ1) is 20.7. The van der Waals surface area contributed by atoms with Crippen LogP contribution in [0.5, 0.6) is 12.0 Å². The van der Waals surface area contributed by atoms with Crippen molar-refractivity contribution >= 4 is 23.0 Å². The lowest BCUT2D eigenvalue weighted by Crippen LogP contribution is -2.55. The number of imidazole rings is 1. The molecule has 3 aromatic heterocycles. The maximum atomic E-state index is 14.1. The summed E-state index contributed by atoms with van der Waals surface area (Å²) in [5, 5.41) is 0. The van der Waals surface area contributed by atoms with Gasteiger partial charge in [0.05, 0.1) is 26.5 Å². The second kappa shape index (κ2) is 11.3. The maximum Gasteiger partial charge on any atom is 0.395 e. The molecule has 1 aliphatic carbocycles. The van der Waals surface area contributed by atoms with Crippen LogP contribution in [0.1, 0.15) is 13.3 Å². The number of carbonyl (C=O) groups excluding carboxylic acids is 1. The number of hydrogen-bond donors (Lipinski definition) is 0. The van der Waals surface area contributed by atoms with Crippen molar-refractivity contribution in [3.8, 4) is 12.0 Å². The van der Waals surface area contributed by atoms with E-state index in [2.05, 4.69) is 29.8 Å². The number of pyridine rings is 1. The number of piperidine rings is 1. The SMILES string of the molecule is COc1nc(OC)nc(N2CCC3C(=C(N4CCN(C(=O)Cn5cnc6cccnc65)[C@H](C)C4)C=CC3C(F)(F)F)C2)n1. The summed E-state index contributed by atoms with van der Waals surface area (Å²) in [5.41, 5.74) is 2.79. The van der Waals surface area contributed by atoms with Crippen LogP contribution in [0.4, 0.5) is 19.1 Å². The van der Waals surface area contributed by atoms with Gasteiger partial charge in [-0.25, -0.2) is 9.97 Å². The third kappa shape index (κ3) is 5.55. The molecular weight excluding hydrogens is 567 g/mol. The molecule has 15 heteroatoms. The van der Waals surface area contributed by atoms with Crippen LogP contribution in [0.15, 0.2) is 48.1 Å². The Labute approximate surface area is 245 Å². The minimum Gasteiger partial charge on any atom is -0.467 e. The molecular formula is C28H32F3N9O3. The van der Waals surface area contributed by atoms with E-state index in [0.29, 0.717) is 42.9 Å². The first-order valence-electron chi connectivity index (χ1n) is 14.0. The molecule has 12 nitrogen and oxygen atoms in total. The smallest absolute Gasteiger partial charge is 0.395 e. The number of ether oxygens (including phenoxy) is 2. The Morgan fingerprint density at radius 3 is 2.51 bits per heavy atom. The molecule has 6 rings (SSSR count). The van der Waals surface area contributed by atoms with Gasteiger partial charge in [-0.15, -0.1) is 4.98 Å². The lowest BCUT2D eigenvalue weighted by atomic mass is 9.75. The monoisotopic (exact) mass is 599 g/mol. The zero-order valence-corrected chi connectivity index (χ0v) is 24.0. The number of rotatable bonds is 6. The Bertz CT molecular complexity index is 1550. The van der Waals surface area contributed by atoms with Crippen molar-refractivity contribution in [2.75, 3.05) is 51.8 Å². The molecule has 3 aromatic rings. The van der Waals surface area contributed by atoms with Gasteiger partial charge in [-0.3, -0.25) is 4.79 Å². The number of carbonyl (C=O) groups is 1. The number of piperazine rings is 1. The van der Waals surface area contributed by atoms with Gasteiger partial charge >= 0.3 is 18.2 Å². The largest absolute Gasteiger partial charge is 0.467 e. The van der Waals surface area contributed by atoms with Crippen LogP contribution in [-0.2, 0) is 11.3 Å². The molecule has 2 fully saturated rings. The van der Waals surface area contributed by atoms with Crippen molar-refractivity contribution in [2.24, 2.45) is 11.8 Å². The van der Waals surface area contributed by atoms with E-state index in [9.17, 15) is 18.0 Å². The Balaban J connectivity index is 1.24. The van der Waals surface area contributed by atoms with Gasteiger partial charge in [0.2, 0.25) is 11.9 Å². The number of allylic oxidation sites excluding steroid dienone is 2. The van der Waals surface area contributed by atoms with Crippen molar-refractivity contribution in [1.29, 1.82) is 0 Å². The molecule has 3 atom stereocenters. The predicted molar refractivity (Wildman–Crippen MR) is 149 cm³/mol. The van der Waals surface area contributed by atoms with Crippen LogP contribution in [0.2, 0.25) is 0 Å². The van der Waals surface area contributed by atoms with Crippen LogP contribution < -0.4 is 14.4 Å². The molecule has 228 valence electrons. The summed E-state index contributed by atoms with van der Waals surface area (Å²) in [7, 11) is 2.84. The number of nitrogens with zero attached hydrogens (tertiary/aromatic N) is 9. The summed E-state index contributed by atoms with van der Waals surface area (Å²) in [6, 6.07) is 3.59. The first kappa shape index (κ1) is 28.7. The van der Waals surface area contributed by atoms with E-state index >= 15 is 0 Å². The molecule has 0 saturated carbocycles. The Hall–Kier alpha value is -4.43. The number of methoxy groups -OCH3 is 2. The molecule has 1 amide bonds. The fourth-order valence-electron chi connectivity index (χ4n) is 6.24. The number of alkyl halides is 3. The van der Waals surface area contributed by atoms with E-state index in [0.717, 1.165) is 5.70 Å². The standard InChI is InChI=1S/C28H32F3N9O3/c1-17-13-37(11-12-40(17)23(41)15-39-16-33-21-5-4-9-32-24(21)39)22-7-6-20(28(29,30)31)18-8-10-38(14-19(18)22)25-34-26(42-2)36-27(35-25)43-3/h4-7,9,16-18,20H,8,10-15H2,1-3H3/t17-,18?,20?/m1/s1. The van der Waals surface area contributed by atoms with Crippen LogP contribution in [-0.4, -0.2) is 104 Å². The van der Waals surface area contributed by atoms with E-state index in [-0.39, 0.29) is 49.4 Å². The Morgan fingerprint density at radius 2 is 1.81 bits per heavy atom. The first-order valence-corrected chi connectivity index (χ1v) is 14.0. The van der Waals surface area contributed by atoms with Gasteiger partial charge in [0.1, 0.15) is 12.1 Å². The van der Waals surface area contributed by atoms with Gasteiger partial charge in [0, 0.05) is 56.6 Å². The molecule has 0 aromatic carbocycles. The van der Waals surface area contributed by atoms with Crippen LogP contribution in [0.3, 0.4) is 0 Å². The van der Waals surface area contributed by atoms with Crippen molar-refractivity contribution in [3.63, 3.8) is 0 Å². The lowest BCUT2D eigenvalue weighted by molar-refractivity contribution is -0.172. The molecule has 2 aliphatic heterocycles. The topological polar surface area (TPSA) is 115 Å². The molecule has 0 bridgehead atoms. The average Bonchev–Trinajstić information content (AvgIpc) is 3.41. The zero-order valence-electron chi connectivity index (χ0n) is 24.0. The number of amides is 1. The lowest BCUT2D eigenvalue weighted by Gasteiger charge is -2.46. The molecule has 2 saturated heterocycles. The van der Waals surface area contributed by atoms with E-state index in [1.54, 1.807) is 29.2 Å². The van der Waals surface area contributed by atoms with Gasteiger partial charge in [0.25, 0.3) is 0 Å². The molecule has 5 heterocycles. The average molecular weight is 600 g/mol. The van der Waals surface area contributed by atoms with Crippen molar-refractivity contribution < 1.29 is 27.4 Å². The highest BCUT2D eigenvalue weighted by molar-refractivity contribution is 5.79. The van der Waals surface area contributed by atoms with Gasteiger partial charge in [-0.05, 0) is 37.1 Å². The molecule has 3 aliphatic rings. The summed E-state index contributed by atoms with van der Waals surface area (Å²) >= 11 is 0. The van der Waals surface area contributed by atoms with Crippen LogP contribution in [0, 0.1) is 11.8 Å². The predicted octanol–water partition coefficient (Wildman–Crippen LogP) is 2.70. The Morgan fingerprint density at radius 1 is 1.05 bits per heavy atom. The molecule has 0 N–H and O–H groups in total. The van der Waals surface area contributed by atoms with E-state index < -0.39 is 18.0 Å². The molecule has 0 spiro atoms. The maximum absolute atomic E-state index is 14.1. The van der Waals surface area contributed by atoms with Gasteiger partial charge < -0.3 is 28.7 Å². The minimum atomic E-state index is -4.37. The number of aromatic nitrogens is 6. The summed E-state index contributed by atoms with van der Waals surface area (Å²) in [6.07, 6.45) is 2.05. The second-order valence-corrected chi connectivity index (χ2v) is 10.9. The van der Waals surface area contributed by atoms with E-state index in [1.165, 1.54) is 20.3 Å². The van der Waals surface area contributed by atoms with Gasteiger partial charge in [-0.1, -0.05) is 6.08 Å². The number of halogens is 3. The van der Waals surface area contributed by atoms with Crippen molar-refractivity contribution in [3.05, 3.63) is 48.1 Å². The second-order valence-electron chi connectivity index (χ2n) is 10.9. The Kier molecular flexibility index (Phi) is 7.56. The normalized spacial score (nSPS) is 22.7. The number of fused-ring (bicyclic) bond motifs is 2. The quantitative estimate of drug-likeness (QED) is 0.419. The zero-order chi connectivity index (χ0) is 30.3. The summed E-state index contributed by atoms with van der Waals surface area (Å²) in [5.74, 6) is -2.07. The summed E-state index contributed by atoms with van der Waals surface area (Å²) in [6.45, 7) is 4.00. The van der Waals surface area contributed by atoms with E-state index in [1.807, 2.05) is 22.8 Å². The third-order valence-electron chi connectivity index (χ3n) is 8.32. The fraction of sp³-hybridized carbons (Fsp3) is 0.500. The third-order valence-corrected chi connectivity index (χ3v) is 8.32. The van der Waals surface area contributed by atoms with Crippen LogP contribution >= 0.6 is 0 Å². The molecule has 43 heavy (non-hydrogen) atoms. The number of anilines is 1. The highest BCUT2D eigenvalue weighted by atomic mass is 19.4. The summed E-state index contributed by atoms with van der Waals surface area (Å²) < 4.78 is 54.5. The van der Waals surface area contributed by atoms with Gasteiger partial charge in [0.15, 0.2) is 5.65 Å². The minimum absolute atomic E-state index is 0.0592. The van der Waals surface area contributed by atoms with E-state index in [4.69, 9.17) is 9.47 Å². The molecule has 0 radical (unpaired) electrons. The van der Waals surface area contributed by atoms with Gasteiger partial charge in [-0.2, -0.15) is 23.1 Å². The highest BCUT2D eigenvalue weighted by Gasteiger charge is 2.48. The fourth-order valence-corrected chi connectivity index (χ4v) is 6.24. The van der Waals surface area contributed by atoms with Crippen molar-refractivity contribution in [1.82, 2.24) is 39.3 Å².